The molecule has 0 amide bonds. The second-order valence-corrected chi connectivity index (χ2v) is 5.32. The summed E-state index contributed by atoms with van der Waals surface area (Å²) in [5.74, 6) is -1.50. The predicted octanol–water partition coefficient (Wildman–Crippen LogP) is -2.85. The summed E-state index contributed by atoms with van der Waals surface area (Å²) in [4.78, 5) is 10.3. The molecule has 1 aromatic carbocycles. The molecule has 8 heteroatoms. The molecule has 0 heterocycles. The summed E-state index contributed by atoms with van der Waals surface area (Å²) in [5.41, 5.74) is 0.733. The van der Waals surface area contributed by atoms with Crippen molar-refractivity contribution in [3.05, 3.63) is 33.8 Å². The molecule has 1 aromatic rings. The number of hydrogen-bond donors (Lipinski definition) is 3. The van der Waals surface area contributed by atoms with Crippen LogP contribution in [-0.4, -0.2) is 39.6 Å². The van der Waals surface area contributed by atoms with Gasteiger partial charge in [-0.05, 0) is 30.5 Å². The van der Waals surface area contributed by atoms with Crippen LogP contribution < -0.4 is 34.7 Å². The van der Waals surface area contributed by atoms with Crippen LogP contribution >= 0.6 is 23.2 Å². The van der Waals surface area contributed by atoms with E-state index >= 15 is 0 Å². The fourth-order valence-corrected chi connectivity index (χ4v) is 2.25. The van der Waals surface area contributed by atoms with E-state index in [1.807, 2.05) is 0 Å². The molecule has 0 aliphatic carbocycles. The quantitative estimate of drug-likeness (QED) is 0.462. The van der Waals surface area contributed by atoms with Gasteiger partial charge < -0.3 is 25.2 Å². The third kappa shape index (κ3) is 7.30. The predicted molar refractivity (Wildman–Crippen MR) is 72.4 cm³/mol. The average Bonchev–Trinajstić information content (AvgIpc) is 2.35. The molecule has 0 unspecified atom stereocenters. The molecule has 0 saturated heterocycles. The van der Waals surface area contributed by atoms with E-state index in [4.69, 9.17) is 23.2 Å². The van der Waals surface area contributed by atoms with Crippen molar-refractivity contribution in [1.29, 1.82) is 0 Å². The summed E-state index contributed by atoms with van der Waals surface area (Å²) in [6.45, 7) is 0. The average molecular weight is 345 g/mol. The van der Waals surface area contributed by atoms with Crippen molar-refractivity contribution in [3.63, 3.8) is 0 Å². The molecule has 0 aromatic heterocycles. The summed E-state index contributed by atoms with van der Waals surface area (Å²) >= 11 is 11.7. The van der Waals surface area contributed by atoms with Gasteiger partial charge in [0.25, 0.3) is 0 Å². The van der Waals surface area contributed by atoms with Crippen molar-refractivity contribution in [2.24, 2.45) is 0 Å². The molecule has 0 bridgehead atoms. The molecular formula is C13H15Cl2NaO5. The smallest absolute Gasteiger partial charge is 0.550 e. The maximum Gasteiger partial charge on any atom is 1.00 e. The molecular weight excluding hydrogens is 330 g/mol. The van der Waals surface area contributed by atoms with Gasteiger partial charge in [-0.3, -0.25) is 0 Å². The fourth-order valence-electron chi connectivity index (χ4n) is 1.75. The van der Waals surface area contributed by atoms with Crippen LogP contribution in [0.25, 0.3) is 0 Å². The largest absolute Gasteiger partial charge is 1.00 e. The van der Waals surface area contributed by atoms with Crippen LogP contribution in [0.4, 0.5) is 0 Å². The molecule has 0 fully saturated rings. The van der Waals surface area contributed by atoms with Crippen molar-refractivity contribution >= 4 is 29.2 Å². The molecule has 0 saturated carbocycles. The first kappa shape index (κ1) is 21.1. The van der Waals surface area contributed by atoms with Crippen molar-refractivity contribution in [2.75, 3.05) is 0 Å². The van der Waals surface area contributed by atoms with E-state index in [-0.39, 0.29) is 36.0 Å². The summed E-state index contributed by atoms with van der Waals surface area (Å²) in [5, 5.41) is 39.9. The number of halogens is 2. The first-order chi connectivity index (χ1) is 9.31. The van der Waals surface area contributed by atoms with Gasteiger partial charge in [-0.2, -0.15) is 0 Å². The molecule has 5 nitrogen and oxygen atoms in total. The minimum absolute atomic E-state index is 0. The topological polar surface area (TPSA) is 101 Å². The molecule has 21 heavy (non-hydrogen) atoms. The Morgan fingerprint density at radius 3 is 2.33 bits per heavy atom. The van der Waals surface area contributed by atoms with E-state index in [0.717, 1.165) is 5.56 Å². The first-order valence-electron chi connectivity index (χ1n) is 5.99. The Labute approximate surface area is 154 Å². The Bertz CT molecular complexity index is 472. The third-order valence-electron chi connectivity index (χ3n) is 2.89. The van der Waals surface area contributed by atoms with Crippen LogP contribution in [-0.2, 0) is 11.2 Å². The number of hydrogen-bond acceptors (Lipinski definition) is 5. The number of aliphatic hydroxyl groups excluding tert-OH is 3. The second kappa shape index (κ2) is 10.0. The normalized spacial score (nSPS) is 14.9. The number of rotatable bonds is 7. The van der Waals surface area contributed by atoms with Gasteiger partial charge in [0.05, 0.1) is 12.2 Å². The van der Waals surface area contributed by atoms with Crippen LogP contribution in [0.2, 0.25) is 10.0 Å². The molecule has 3 N–H and O–H groups in total. The van der Waals surface area contributed by atoms with E-state index in [9.17, 15) is 25.2 Å². The van der Waals surface area contributed by atoms with Gasteiger partial charge in [-0.1, -0.05) is 29.3 Å². The fraction of sp³-hybridized carbons (Fsp3) is 0.462. The van der Waals surface area contributed by atoms with Gasteiger partial charge in [-0.25, -0.2) is 0 Å². The molecule has 3 atom stereocenters. The van der Waals surface area contributed by atoms with E-state index in [0.29, 0.717) is 16.5 Å². The van der Waals surface area contributed by atoms with Crippen molar-refractivity contribution in [3.8, 4) is 0 Å². The van der Waals surface area contributed by atoms with Gasteiger partial charge in [0.1, 0.15) is 6.10 Å². The Balaban J connectivity index is 0.00000400. The molecule has 1 rings (SSSR count). The molecule has 0 aliphatic rings. The maximum absolute atomic E-state index is 10.3. The summed E-state index contributed by atoms with van der Waals surface area (Å²) < 4.78 is 0. The van der Waals surface area contributed by atoms with Gasteiger partial charge in [0.15, 0.2) is 0 Å². The number of carboxylic acid groups (broad SMARTS) is 1. The van der Waals surface area contributed by atoms with E-state index in [1.165, 1.54) is 0 Å². The minimum atomic E-state index is -1.57. The molecule has 0 spiro atoms. The zero-order chi connectivity index (χ0) is 15.3. The molecule has 0 aliphatic heterocycles. The third-order valence-corrected chi connectivity index (χ3v) is 3.48. The van der Waals surface area contributed by atoms with Gasteiger partial charge in [0.2, 0.25) is 0 Å². The number of carbonyl (C=O) groups is 1. The standard InChI is InChI=1S/C13H16Cl2O5.Na/c14-8-3-1-7(9(15)5-8)2-4-10(16)13(20)11(17)6-12(18)19;/h1,3,5,10-11,13,16-17,20H,2,4,6H2,(H,18,19);/q;+1/p-1/t10-,11+,13+;/m1./s1. The zero-order valence-electron chi connectivity index (χ0n) is 11.5. The number of carbonyl (C=O) groups excluding carboxylic acids is 1. The van der Waals surface area contributed by atoms with E-state index in [1.54, 1.807) is 18.2 Å². The van der Waals surface area contributed by atoms with Crippen molar-refractivity contribution in [2.45, 2.75) is 37.6 Å². The number of aryl methyl sites for hydroxylation is 1. The summed E-state index contributed by atoms with van der Waals surface area (Å²) in [6.07, 6.45) is -4.66. The SMILES string of the molecule is O=C([O-])C[C@H](O)[C@@H](O)[C@H](O)CCc1ccc(Cl)cc1Cl.[Na+]. The number of aliphatic carboxylic acids is 1. The number of benzene rings is 1. The van der Waals surface area contributed by atoms with Crippen LogP contribution in [0, 0.1) is 0 Å². The van der Waals surface area contributed by atoms with E-state index in [2.05, 4.69) is 0 Å². The van der Waals surface area contributed by atoms with Gasteiger partial charge in [0, 0.05) is 22.4 Å². The molecule has 112 valence electrons. The Hall–Kier alpha value is 0.150. The maximum atomic E-state index is 10.3. The van der Waals surface area contributed by atoms with Crippen LogP contribution in [0.15, 0.2) is 18.2 Å². The Kier molecular flexibility index (Phi) is 10.1. The van der Waals surface area contributed by atoms with Crippen molar-refractivity contribution in [1.82, 2.24) is 0 Å². The van der Waals surface area contributed by atoms with Gasteiger partial charge >= 0.3 is 29.6 Å². The minimum Gasteiger partial charge on any atom is -0.550 e. The summed E-state index contributed by atoms with van der Waals surface area (Å²) in [7, 11) is 0. The van der Waals surface area contributed by atoms with Crippen LogP contribution in [0.1, 0.15) is 18.4 Å². The Morgan fingerprint density at radius 2 is 1.81 bits per heavy atom. The Morgan fingerprint density at radius 1 is 1.19 bits per heavy atom. The monoisotopic (exact) mass is 344 g/mol. The molecule has 0 radical (unpaired) electrons. The first-order valence-corrected chi connectivity index (χ1v) is 6.75. The van der Waals surface area contributed by atoms with Crippen LogP contribution in [0.5, 0.6) is 0 Å². The van der Waals surface area contributed by atoms with Crippen molar-refractivity contribution < 1.29 is 54.8 Å². The number of carboxylic acids is 1. The zero-order valence-corrected chi connectivity index (χ0v) is 15.0. The summed E-state index contributed by atoms with van der Waals surface area (Å²) in [6, 6.07) is 4.91. The van der Waals surface area contributed by atoms with Crippen LogP contribution in [0.3, 0.4) is 0 Å². The number of aliphatic hydroxyl groups is 3. The second-order valence-electron chi connectivity index (χ2n) is 4.48. The van der Waals surface area contributed by atoms with E-state index < -0.39 is 30.7 Å². The van der Waals surface area contributed by atoms with Gasteiger partial charge in [-0.15, -0.1) is 0 Å².